The molecular weight excluding hydrogens is 358 g/mol. The maximum Gasteiger partial charge on any atom is 0.233 e. The van der Waals surface area contributed by atoms with Crippen LogP contribution in [-0.4, -0.2) is 49.4 Å². The number of carbonyl (C=O) groups excluding carboxylic acids is 1. The molecular formula is C20H23N5OS. The summed E-state index contributed by atoms with van der Waals surface area (Å²) in [5.74, 6) is 1.71. The zero-order valence-electron chi connectivity index (χ0n) is 15.6. The molecule has 7 heteroatoms. The Kier molecular flexibility index (Phi) is 5.11. The van der Waals surface area contributed by atoms with Crippen LogP contribution in [0.2, 0.25) is 0 Å². The average molecular weight is 382 g/mol. The number of carbonyl (C=O) groups is 1. The molecule has 4 rings (SSSR count). The van der Waals surface area contributed by atoms with Gasteiger partial charge in [0.05, 0.1) is 23.0 Å². The van der Waals surface area contributed by atoms with Crippen molar-refractivity contribution in [2.75, 3.05) is 18.8 Å². The number of amides is 1. The predicted molar refractivity (Wildman–Crippen MR) is 107 cm³/mol. The van der Waals surface area contributed by atoms with Crippen molar-refractivity contribution < 1.29 is 4.79 Å². The summed E-state index contributed by atoms with van der Waals surface area (Å²) in [5, 5.41) is 6.14. The molecule has 2 atom stereocenters. The minimum atomic E-state index is 0.181. The maximum atomic E-state index is 12.7. The van der Waals surface area contributed by atoms with Gasteiger partial charge in [-0.1, -0.05) is 43.8 Å². The summed E-state index contributed by atoms with van der Waals surface area (Å²) in [4.78, 5) is 23.4. The summed E-state index contributed by atoms with van der Waals surface area (Å²) in [6.07, 6.45) is 4.52. The quantitative estimate of drug-likeness (QED) is 0.512. The first kappa shape index (κ1) is 18.0. The van der Waals surface area contributed by atoms with E-state index in [1.165, 1.54) is 18.2 Å². The second-order valence-electron chi connectivity index (χ2n) is 7.34. The van der Waals surface area contributed by atoms with E-state index in [4.69, 9.17) is 0 Å². The lowest BCUT2D eigenvalue weighted by Gasteiger charge is -2.35. The van der Waals surface area contributed by atoms with Gasteiger partial charge in [-0.15, -0.1) is 0 Å². The van der Waals surface area contributed by atoms with Crippen LogP contribution >= 0.6 is 11.8 Å². The predicted octanol–water partition coefficient (Wildman–Crippen LogP) is 3.41. The van der Waals surface area contributed by atoms with E-state index in [1.807, 2.05) is 35.2 Å². The fourth-order valence-electron chi connectivity index (χ4n) is 3.78. The minimum absolute atomic E-state index is 0.181. The summed E-state index contributed by atoms with van der Waals surface area (Å²) < 4.78 is 1.80. The summed E-state index contributed by atoms with van der Waals surface area (Å²) >= 11 is 1.47. The molecule has 1 fully saturated rings. The first-order valence-electron chi connectivity index (χ1n) is 9.26. The average Bonchev–Trinajstić information content (AvgIpc) is 3.10. The van der Waals surface area contributed by atoms with Crippen LogP contribution < -0.4 is 0 Å². The number of thioether (sulfide) groups is 1. The number of rotatable bonds is 4. The molecule has 0 saturated carbocycles. The fraction of sp³-hybridized carbons (Fsp3) is 0.400. The second-order valence-corrected chi connectivity index (χ2v) is 8.31. The lowest BCUT2D eigenvalue weighted by molar-refractivity contribution is -0.130. The van der Waals surface area contributed by atoms with Gasteiger partial charge in [0.25, 0.3) is 0 Å². The van der Waals surface area contributed by atoms with Gasteiger partial charge in [0.1, 0.15) is 11.4 Å². The van der Waals surface area contributed by atoms with Crippen LogP contribution in [0.5, 0.6) is 0 Å². The van der Waals surface area contributed by atoms with Gasteiger partial charge in [-0.25, -0.2) is 14.6 Å². The zero-order chi connectivity index (χ0) is 18.8. The number of fused-ring (bicyclic) bond motifs is 1. The number of likely N-dealkylation sites (tertiary alicyclic amines) is 1. The van der Waals surface area contributed by atoms with E-state index in [-0.39, 0.29) is 5.91 Å². The third-order valence-corrected chi connectivity index (χ3v) is 5.87. The van der Waals surface area contributed by atoms with Crippen molar-refractivity contribution in [3.63, 3.8) is 0 Å². The molecule has 0 bridgehead atoms. The largest absolute Gasteiger partial charge is 0.341 e. The Hall–Kier alpha value is -2.41. The molecule has 140 valence electrons. The van der Waals surface area contributed by atoms with Gasteiger partial charge in [-0.05, 0) is 30.4 Å². The maximum absolute atomic E-state index is 12.7. The van der Waals surface area contributed by atoms with Crippen molar-refractivity contribution >= 4 is 28.7 Å². The molecule has 0 spiro atoms. The lowest BCUT2D eigenvalue weighted by Crippen LogP contribution is -2.43. The number of hydrogen-bond donors (Lipinski definition) is 0. The van der Waals surface area contributed by atoms with Crippen LogP contribution in [0.1, 0.15) is 20.3 Å². The SMILES string of the molecule is CC1CC(C)CN(C(=O)CSc2ncnc3c2cnn3-c2ccccc2)C1. The van der Waals surface area contributed by atoms with Crippen molar-refractivity contribution in [2.45, 2.75) is 25.3 Å². The molecule has 1 amide bonds. The molecule has 0 aliphatic carbocycles. The molecule has 1 saturated heterocycles. The van der Waals surface area contributed by atoms with E-state index in [0.29, 0.717) is 17.6 Å². The zero-order valence-corrected chi connectivity index (χ0v) is 16.4. The third kappa shape index (κ3) is 3.83. The number of benzene rings is 1. The Balaban J connectivity index is 1.51. The van der Waals surface area contributed by atoms with E-state index in [2.05, 4.69) is 28.9 Å². The molecule has 0 N–H and O–H groups in total. The fourth-order valence-corrected chi connectivity index (χ4v) is 4.65. The number of piperidine rings is 1. The van der Waals surface area contributed by atoms with Crippen molar-refractivity contribution in [3.8, 4) is 5.69 Å². The van der Waals surface area contributed by atoms with Crippen LogP contribution in [0.3, 0.4) is 0 Å². The van der Waals surface area contributed by atoms with Crippen LogP contribution in [0.25, 0.3) is 16.7 Å². The summed E-state index contributed by atoms with van der Waals surface area (Å²) in [5.41, 5.74) is 1.71. The molecule has 6 nitrogen and oxygen atoms in total. The normalized spacial score (nSPS) is 20.1. The lowest BCUT2D eigenvalue weighted by atomic mass is 9.92. The van der Waals surface area contributed by atoms with E-state index in [1.54, 1.807) is 17.2 Å². The molecule has 1 aliphatic heterocycles. The van der Waals surface area contributed by atoms with E-state index in [9.17, 15) is 4.79 Å². The molecule has 1 aromatic carbocycles. The number of hydrogen-bond acceptors (Lipinski definition) is 5. The van der Waals surface area contributed by atoms with Crippen molar-refractivity contribution in [1.82, 2.24) is 24.6 Å². The van der Waals surface area contributed by atoms with Crippen molar-refractivity contribution in [3.05, 3.63) is 42.9 Å². The molecule has 27 heavy (non-hydrogen) atoms. The second kappa shape index (κ2) is 7.68. The van der Waals surface area contributed by atoms with Gasteiger partial charge in [0, 0.05) is 13.1 Å². The molecule has 1 aliphatic rings. The Bertz CT molecular complexity index is 932. The molecule has 3 aromatic rings. The van der Waals surface area contributed by atoms with Crippen LogP contribution in [0.15, 0.2) is 47.9 Å². The standard InChI is InChI=1S/C20H23N5OS/c1-14-8-15(2)11-24(10-14)18(26)12-27-20-17-9-23-25(19(17)21-13-22-20)16-6-4-3-5-7-16/h3-7,9,13-15H,8,10-12H2,1-2H3. The highest BCUT2D eigenvalue weighted by molar-refractivity contribution is 8.00. The number of aromatic nitrogens is 4. The Morgan fingerprint density at radius 1 is 1.15 bits per heavy atom. The number of para-hydroxylation sites is 1. The number of nitrogens with zero attached hydrogens (tertiary/aromatic N) is 5. The Morgan fingerprint density at radius 3 is 2.63 bits per heavy atom. The first-order valence-corrected chi connectivity index (χ1v) is 10.2. The van der Waals surface area contributed by atoms with E-state index >= 15 is 0 Å². The molecule has 2 aromatic heterocycles. The summed E-state index contributed by atoms with van der Waals surface area (Å²) in [7, 11) is 0. The molecule has 2 unspecified atom stereocenters. The highest BCUT2D eigenvalue weighted by Crippen LogP contribution is 2.27. The third-order valence-electron chi connectivity index (χ3n) is 4.88. The van der Waals surface area contributed by atoms with Crippen molar-refractivity contribution in [2.24, 2.45) is 11.8 Å². The highest BCUT2D eigenvalue weighted by atomic mass is 32.2. The summed E-state index contributed by atoms with van der Waals surface area (Å²) in [6, 6.07) is 9.89. The van der Waals surface area contributed by atoms with Gasteiger partial charge in [-0.2, -0.15) is 5.10 Å². The van der Waals surface area contributed by atoms with Crippen LogP contribution in [0.4, 0.5) is 0 Å². The Labute approximate surface area is 163 Å². The van der Waals surface area contributed by atoms with E-state index < -0.39 is 0 Å². The van der Waals surface area contributed by atoms with E-state index in [0.717, 1.165) is 34.8 Å². The first-order chi connectivity index (χ1) is 13.1. The van der Waals surface area contributed by atoms with Crippen LogP contribution in [-0.2, 0) is 4.79 Å². The van der Waals surface area contributed by atoms with Gasteiger partial charge in [-0.3, -0.25) is 4.79 Å². The molecule has 3 heterocycles. The van der Waals surface area contributed by atoms with Gasteiger partial charge in [0.15, 0.2) is 5.65 Å². The topological polar surface area (TPSA) is 63.9 Å². The van der Waals surface area contributed by atoms with Gasteiger partial charge >= 0.3 is 0 Å². The smallest absolute Gasteiger partial charge is 0.233 e. The highest BCUT2D eigenvalue weighted by Gasteiger charge is 2.25. The molecule has 0 radical (unpaired) electrons. The van der Waals surface area contributed by atoms with Crippen LogP contribution in [0, 0.1) is 11.8 Å². The summed E-state index contributed by atoms with van der Waals surface area (Å²) in [6.45, 7) is 6.15. The monoisotopic (exact) mass is 381 g/mol. The minimum Gasteiger partial charge on any atom is -0.341 e. The van der Waals surface area contributed by atoms with Gasteiger partial charge in [0.2, 0.25) is 5.91 Å². The van der Waals surface area contributed by atoms with Crippen molar-refractivity contribution in [1.29, 1.82) is 0 Å². The van der Waals surface area contributed by atoms with Gasteiger partial charge < -0.3 is 4.90 Å². The Morgan fingerprint density at radius 2 is 1.89 bits per heavy atom.